The number of rotatable bonds is 5. The highest BCUT2D eigenvalue weighted by molar-refractivity contribution is 6.31. The van der Waals surface area contributed by atoms with Gasteiger partial charge in [-0.1, -0.05) is 35.3 Å². The van der Waals surface area contributed by atoms with Crippen LogP contribution >= 0.6 is 23.2 Å². The fourth-order valence-corrected chi connectivity index (χ4v) is 5.47. The molecular weight excluding hydrogens is 469 g/mol. The topological polar surface area (TPSA) is 32.8 Å². The fraction of sp³-hybridized carbons (Fsp3) is 0.240. The van der Waals surface area contributed by atoms with Gasteiger partial charge in [0, 0.05) is 21.4 Å². The molecule has 8 heteroatoms. The van der Waals surface area contributed by atoms with Crippen molar-refractivity contribution in [2.24, 2.45) is 0 Å². The molecule has 2 amide bonds. The molecule has 1 aliphatic carbocycles. The van der Waals surface area contributed by atoms with Crippen LogP contribution in [0.25, 0.3) is 0 Å². The summed E-state index contributed by atoms with van der Waals surface area (Å²) >= 11 is 12.2. The first-order valence-electron chi connectivity index (χ1n) is 10.6. The van der Waals surface area contributed by atoms with Crippen molar-refractivity contribution in [1.29, 1.82) is 0 Å². The Morgan fingerprint density at radius 3 is 2.21 bits per heavy atom. The van der Waals surface area contributed by atoms with E-state index >= 15 is 0 Å². The zero-order valence-electron chi connectivity index (χ0n) is 17.4. The first-order valence-corrected chi connectivity index (χ1v) is 11.4. The zero-order chi connectivity index (χ0) is 23.2. The summed E-state index contributed by atoms with van der Waals surface area (Å²) in [5, 5.41) is 1.14. The number of anilines is 2. The SMILES string of the molecule is O=C1N(c2ccc(Cl)cc2)[C@@H]2CCC[C@]2(c2cccc(OC(F)F)c2)N1c1ccc(Cl)cc1. The number of hydrogen-bond acceptors (Lipinski definition) is 2. The second-order valence-corrected chi connectivity index (χ2v) is 9.05. The van der Waals surface area contributed by atoms with Gasteiger partial charge < -0.3 is 4.74 Å². The molecule has 0 unspecified atom stereocenters. The van der Waals surface area contributed by atoms with E-state index in [-0.39, 0.29) is 17.8 Å². The summed E-state index contributed by atoms with van der Waals surface area (Å²) in [5.74, 6) is 0.0657. The van der Waals surface area contributed by atoms with Gasteiger partial charge in [-0.3, -0.25) is 9.80 Å². The number of alkyl halides is 2. The molecule has 3 aromatic rings. The van der Waals surface area contributed by atoms with Gasteiger partial charge in [-0.25, -0.2) is 4.79 Å². The lowest BCUT2D eigenvalue weighted by molar-refractivity contribution is -0.0499. The minimum atomic E-state index is -2.93. The Labute approximate surface area is 200 Å². The van der Waals surface area contributed by atoms with Crippen molar-refractivity contribution in [2.75, 3.05) is 9.80 Å². The third-order valence-corrected chi connectivity index (χ3v) is 6.95. The Kier molecular flexibility index (Phi) is 5.67. The highest BCUT2D eigenvalue weighted by Gasteiger charge is 2.61. The molecule has 0 aromatic heterocycles. The fourth-order valence-electron chi connectivity index (χ4n) is 5.22. The van der Waals surface area contributed by atoms with Gasteiger partial charge >= 0.3 is 12.6 Å². The molecular formula is C25H20Cl2F2N2O2. The van der Waals surface area contributed by atoms with E-state index in [1.54, 1.807) is 46.2 Å². The second kappa shape index (κ2) is 8.50. The summed E-state index contributed by atoms with van der Waals surface area (Å²) in [6.45, 7) is -2.93. The summed E-state index contributed by atoms with van der Waals surface area (Å²) in [6, 6.07) is 20.5. The molecule has 0 N–H and O–H groups in total. The minimum Gasteiger partial charge on any atom is -0.435 e. The normalized spacial score (nSPS) is 22.2. The third-order valence-electron chi connectivity index (χ3n) is 6.44. The van der Waals surface area contributed by atoms with Gasteiger partial charge in [0.05, 0.1) is 11.6 Å². The summed E-state index contributed by atoms with van der Waals surface area (Å²) in [4.78, 5) is 17.5. The molecule has 5 rings (SSSR count). The van der Waals surface area contributed by atoms with E-state index in [0.29, 0.717) is 22.2 Å². The lowest BCUT2D eigenvalue weighted by Gasteiger charge is -2.38. The standard InChI is InChI=1S/C25H20Cl2F2N2O2/c26-17-6-10-19(11-7-17)30-22-5-2-14-25(22,16-3-1-4-21(15-16)33-23(28)29)31(24(30)32)20-12-8-18(27)9-13-20/h1,3-4,6-13,15,22-23H,2,5,14H2/t22-,25-/m1/s1. The van der Waals surface area contributed by atoms with Gasteiger partial charge in [-0.2, -0.15) is 8.78 Å². The Morgan fingerprint density at radius 2 is 1.58 bits per heavy atom. The first-order chi connectivity index (χ1) is 15.9. The van der Waals surface area contributed by atoms with E-state index < -0.39 is 12.2 Å². The maximum absolute atomic E-state index is 14.0. The lowest BCUT2D eigenvalue weighted by Crippen LogP contribution is -2.46. The zero-order valence-corrected chi connectivity index (χ0v) is 18.9. The van der Waals surface area contributed by atoms with E-state index in [9.17, 15) is 13.6 Å². The number of amides is 2. The van der Waals surface area contributed by atoms with Gasteiger partial charge in [0.1, 0.15) is 5.75 Å². The number of carbonyl (C=O) groups is 1. The van der Waals surface area contributed by atoms with Crippen LogP contribution < -0.4 is 14.5 Å². The first kappa shape index (κ1) is 22.0. The molecule has 1 saturated carbocycles. The van der Waals surface area contributed by atoms with Gasteiger partial charge in [0.25, 0.3) is 0 Å². The molecule has 4 nitrogen and oxygen atoms in total. The number of urea groups is 1. The quantitative estimate of drug-likeness (QED) is 0.372. The Balaban J connectivity index is 1.69. The van der Waals surface area contributed by atoms with Crippen LogP contribution in [0.2, 0.25) is 10.0 Å². The second-order valence-electron chi connectivity index (χ2n) is 8.18. The van der Waals surface area contributed by atoms with Crippen LogP contribution in [0.5, 0.6) is 5.75 Å². The van der Waals surface area contributed by atoms with Gasteiger partial charge in [-0.05, 0) is 85.5 Å². The van der Waals surface area contributed by atoms with E-state index in [1.165, 1.54) is 6.07 Å². The van der Waals surface area contributed by atoms with Crippen LogP contribution in [0.4, 0.5) is 25.0 Å². The van der Waals surface area contributed by atoms with Crippen molar-refractivity contribution in [2.45, 2.75) is 37.5 Å². The smallest absolute Gasteiger partial charge is 0.387 e. The van der Waals surface area contributed by atoms with Crippen molar-refractivity contribution in [1.82, 2.24) is 0 Å². The van der Waals surface area contributed by atoms with Crippen molar-refractivity contribution in [3.63, 3.8) is 0 Å². The summed E-state index contributed by atoms with van der Waals surface area (Å²) < 4.78 is 30.6. The maximum Gasteiger partial charge on any atom is 0.387 e. The average Bonchev–Trinajstić information content (AvgIpc) is 3.31. The molecule has 1 heterocycles. The number of hydrogen-bond donors (Lipinski definition) is 0. The number of halogens is 4. The van der Waals surface area contributed by atoms with E-state index in [4.69, 9.17) is 23.2 Å². The highest BCUT2D eigenvalue weighted by atomic mass is 35.5. The van der Waals surface area contributed by atoms with Crippen LogP contribution in [0.1, 0.15) is 24.8 Å². The molecule has 33 heavy (non-hydrogen) atoms. The molecule has 2 aliphatic rings. The van der Waals surface area contributed by atoms with Crippen molar-refractivity contribution in [3.05, 3.63) is 88.4 Å². The molecule has 0 spiro atoms. The lowest BCUT2D eigenvalue weighted by atomic mass is 9.83. The molecule has 2 atom stereocenters. The molecule has 2 fully saturated rings. The molecule has 1 saturated heterocycles. The Bertz CT molecular complexity index is 1170. The molecule has 1 aliphatic heterocycles. The molecule has 0 radical (unpaired) electrons. The molecule has 0 bridgehead atoms. The van der Waals surface area contributed by atoms with Crippen LogP contribution in [-0.4, -0.2) is 18.7 Å². The van der Waals surface area contributed by atoms with Gasteiger partial charge in [0.2, 0.25) is 0 Å². The molecule has 170 valence electrons. The van der Waals surface area contributed by atoms with Crippen molar-refractivity contribution >= 4 is 40.6 Å². The van der Waals surface area contributed by atoms with E-state index in [2.05, 4.69) is 4.74 Å². The number of benzene rings is 3. The van der Waals surface area contributed by atoms with Crippen LogP contribution in [0.15, 0.2) is 72.8 Å². The Morgan fingerprint density at radius 1 is 0.939 bits per heavy atom. The van der Waals surface area contributed by atoms with E-state index in [1.807, 2.05) is 30.3 Å². The van der Waals surface area contributed by atoms with Crippen LogP contribution in [-0.2, 0) is 5.54 Å². The predicted molar refractivity (Wildman–Crippen MR) is 126 cm³/mol. The van der Waals surface area contributed by atoms with Gasteiger partial charge in [-0.15, -0.1) is 0 Å². The van der Waals surface area contributed by atoms with Gasteiger partial charge in [0.15, 0.2) is 0 Å². The molecule has 3 aromatic carbocycles. The maximum atomic E-state index is 14.0. The third kappa shape index (κ3) is 3.71. The number of ether oxygens (including phenoxy) is 1. The minimum absolute atomic E-state index is 0.0657. The van der Waals surface area contributed by atoms with Crippen LogP contribution in [0.3, 0.4) is 0 Å². The predicted octanol–water partition coefficient (Wildman–Crippen LogP) is 7.49. The van der Waals surface area contributed by atoms with E-state index in [0.717, 1.165) is 24.1 Å². The monoisotopic (exact) mass is 488 g/mol. The summed E-state index contributed by atoms with van der Waals surface area (Å²) in [6.07, 6.45) is 2.30. The van der Waals surface area contributed by atoms with Crippen molar-refractivity contribution in [3.8, 4) is 5.75 Å². The largest absolute Gasteiger partial charge is 0.435 e. The number of fused-ring (bicyclic) bond motifs is 1. The number of carbonyl (C=O) groups excluding carboxylic acids is 1. The highest BCUT2D eigenvalue weighted by Crippen LogP contribution is 2.54. The summed E-state index contributed by atoms with van der Waals surface area (Å²) in [5.41, 5.74) is 1.42. The number of nitrogens with zero attached hydrogens (tertiary/aromatic N) is 2. The Hall–Kier alpha value is -2.83. The average molecular weight is 489 g/mol. The van der Waals surface area contributed by atoms with Crippen LogP contribution in [0, 0.1) is 0 Å². The van der Waals surface area contributed by atoms with Crippen molar-refractivity contribution < 1.29 is 18.3 Å². The summed E-state index contributed by atoms with van der Waals surface area (Å²) in [7, 11) is 0.